The van der Waals surface area contributed by atoms with E-state index in [1.807, 2.05) is 11.9 Å². The Morgan fingerprint density at radius 1 is 1.36 bits per heavy atom. The minimum atomic E-state index is -0.215. The summed E-state index contributed by atoms with van der Waals surface area (Å²) in [5.41, 5.74) is 1.02. The molecular formula is C16H25FIN3O. The van der Waals surface area contributed by atoms with Gasteiger partial charge in [0.05, 0.1) is 6.61 Å². The van der Waals surface area contributed by atoms with Gasteiger partial charge in [0.15, 0.2) is 5.96 Å². The lowest BCUT2D eigenvalue weighted by Gasteiger charge is -2.22. The smallest absolute Gasteiger partial charge is 0.193 e. The van der Waals surface area contributed by atoms with E-state index in [2.05, 4.69) is 10.3 Å². The molecule has 0 aromatic heterocycles. The number of rotatable bonds is 7. The Morgan fingerprint density at radius 2 is 2.05 bits per heavy atom. The molecule has 1 N–H and O–H groups in total. The average molecular weight is 421 g/mol. The lowest BCUT2D eigenvalue weighted by Crippen LogP contribution is -2.40. The summed E-state index contributed by atoms with van der Waals surface area (Å²) in [6.07, 6.45) is 2.63. The highest BCUT2D eigenvalue weighted by Gasteiger charge is 2.21. The van der Waals surface area contributed by atoms with Crippen molar-refractivity contribution in [1.29, 1.82) is 0 Å². The van der Waals surface area contributed by atoms with E-state index in [1.54, 1.807) is 19.2 Å². The summed E-state index contributed by atoms with van der Waals surface area (Å²) in [4.78, 5) is 6.29. The Labute approximate surface area is 149 Å². The highest BCUT2D eigenvalue weighted by atomic mass is 127. The van der Waals surface area contributed by atoms with E-state index >= 15 is 0 Å². The SMILES string of the molecule is CN=C(NCc1ccc(F)cc1)N(C)CCOCC1CC1.I. The topological polar surface area (TPSA) is 36.9 Å². The lowest BCUT2D eigenvalue weighted by atomic mass is 10.2. The summed E-state index contributed by atoms with van der Waals surface area (Å²) in [7, 11) is 3.75. The van der Waals surface area contributed by atoms with Gasteiger partial charge in [-0.3, -0.25) is 4.99 Å². The summed E-state index contributed by atoms with van der Waals surface area (Å²) in [6.45, 7) is 3.02. The molecule has 1 aliphatic carbocycles. The molecule has 1 aromatic rings. The number of ether oxygens (including phenoxy) is 1. The normalized spacial score (nSPS) is 14.4. The van der Waals surface area contributed by atoms with Gasteiger partial charge in [-0.15, -0.1) is 24.0 Å². The van der Waals surface area contributed by atoms with E-state index in [0.717, 1.165) is 30.6 Å². The third-order valence-corrected chi connectivity index (χ3v) is 3.56. The zero-order valence-corrected chi connectivity index (χ0v) is 15.5. The number of hydrogen-bond acceptors (Lipinski definition) is 2. The fraction of sp³-hybridized carbons (Fsp3) is 0.562. The summed E-state index contributed by atoms with van der Waals surface area (Å²) in [5, 5.41) is 3.26. The predicted molar refractivity (Wildman–Crippen MR) is 98.2 cm³/mol. The van der Waals surface area contributed by atoms with Crippen LogP contribution in [-0.4, -0.2) is 44.7 Å². The Balaban J connectivity index is 0.00000242. The summed E-state index contributed by atoms with van der Waals surface area (Å²) >= 11 is 0. The fourth-order valence-electron chi connectivity index (χ4n) is 2.01. The van der Waals surface area contributed by atoms with Crippen molar-refractivity contribution in [2.24, 2.45) is 10.9 Å². The Hall–Kier alpha value is -0.890. The first-order valence-corrected chi connectivity index (χ1v) is 7.43. The summed E-state index contributed by atoms with van der Waals surface area (Å²) in [5.74, 6) is 1.40. The zero-order valence-electron chi connectivity index (χ0n) is 13.2. The first-order chi connectivity index (χ1) is 10.2. The van der Waals surface area contributed by atoms with E-state index in [1.165, 1.54) is 25.0 Å². The summed E-state index contributed by atoms with van der Waals surface area (Å²) < 4.78 is 18.5. The van der Waals surface area contributed by atoms with Gasteiger partial charge in [0.1, 0.15) is 5.82 Å². The van der Waals surface area contributed by atoms with Gasteiger partial charge in [-0.25, -0.2) is 4.39 Å². The maximum absolute atomic E-state index is 12.8. The highest BCUT2D eigenvalue weighted by Crippen LogP contribution is 2.28. The predicted octanol–water partition coefficient (Wildman–Crippen LogP) is 2.88. The quantitative estimate of drug-likeness (QED) is 0.319. The third-order valence-electron chi connectivity index (χ3n) is 3.56. The minimum absolute atomic E-state index is 0. The lowest BCUT2D eigenvalue weighted by molar-refractivity contribution is 0.115. The molecule has 6 heteroatoms. The largest absolute Gasteiger partial charge is 0.379 e. The van der Waals surface area contributed by atoms with Gasteiger partial charge in [-0.05, 0) is 36.5 Å². The molecule has 0 saturated heterocycles. The number of nitrogens with zero attached hydrogens (tertiary/aromatic N) is 2. The molecule has 124 valence electrons. The second kappa shape index (κ2) is 9.99. The van der Waals surface area contributed by atoms with E-state index in [0.29, 0.717) is 13.2 Å². The van der Waals surface area contributed by atoms with Crippen molar-refractivity contribution in [3.63, 3.8) is 0 Å². The third kappa shape index (κ3) is 6.91. The molecule has 0 amide bonds. The van der Waals surface area contributed by atoms with Crippen molar-refractivity contribution in [3.05, 3.63) is 35.6 Å². The van der Waals surface area contributed by atoms with Crippen LogP contribution < -0.4 is 5.32 Å². The van der Waals surface area contributed by atoms with Crippen LogP contribution >= 0.6 is 24.0 Å². The molecular weight excluding hydrogens is 396 g/mol. The van der Waals surface area contributed by atoms with Gasteiger partial charge in [-0.1, -0.05) is 12.1 Å². The van der Waals surface area contributed by atoms with Crippen LogP contribution in [0.4, 0.5) is 4.39 Å². The molecule has 1 aromatic carbocycles. The number of likely N-dealkylation sites (N-methyl/N-ethyl adjacent to an activating group) is 1. The Bertz CT molecular complexity index is 463. The van der Waals surface area contributed by atoms with Crippen LogP contribution in [0.5, 0.6) is 0 Å². The highest BCUT2D eigenvalue weighted by molar-refractivity contribution is 14.0. The monoisotopic (exact) mass is 421 g/mol. The van der Waals surface area contributed by atoms with E-state index < -0.39 is 0 Å². The van der Waals surface area contributed by atoms with Crippen molar-refractivity contribution in [2.45, 2.75) is 19.4 Å². The van der Waals surface area contributed by atoms with Gasteiger partial charge in [0, 0.05) is 33.8 Å². The number of halogens is 2. The number of hydrogen-bond donors (Lipinski definition) is 1. The van der Waals surface area contributed by atoms with E-state index in [4.69, 9.17) is 4.74 Å². The second-order valence-electron chi connectivity index (χ2n) is 5.47. The maximum Gasteiger partial charge on any atom is 0.193 e. The molecule has 0 unspecified atom stereocenters. The molecule has 1 aliphatic rings. The van der Waals surface area contributed by atoms with Crippen LogP contribution in [0.25, 0.3) is 0 Å². The number of benzene rings is 1. The number of nitrogens with one attached hydrogen (secondary N) is 1. The molecule has 0 heterocycles. The van der Waals surface area contributed by atoms with Crippen LogP contribution in [-0.2, 0) is 11.3 Å². The van der Waals surface area contributed by atoms with Gasteiger partial charge in [-0.2, -0.15) is 0 Å². The molecule has 1 fully saturated rings. The fourth-order valence-corrected chi connectivity index (χ4v) is 2.01. The number of aliphatic imine (C=N–C) groups is 1. The number of guanidine groups is 1. The molecule has 0 spiro atoms. The van der Waals surface area contributed by atoms with Crippen LogP contribution in [0, 0.1) is 11.7 Å². The van der Waals surface area contributed by atoms with Crippen LogP contribution in [0.2, 0.25) is 0 Å². The van der Waals surface area contributed by atoms with Gasteiger partial charge < -0.3 is 15.0 Å². The van der Waals surface area contributed by atoms with Crippen LogP contribution in [0.1, 0.15) is 18.4 Å². The maximum atomic E-state index is 12.8. The Morgan fingerprint density at radius 3 is 2.64 bits per heavy atom. The standard InChI is InChI=1S/C16H24FN3O.HI/c1-18-16(19-11-13-5-7-15(17)8-6-13)20(2)9-10-21-12-14-3-4-14;/h5-8,14H,3-4,9-12H2,1-2H3,(H,18,19);1H. The van der Waals surface area contributed by atoms with Crippen molar-refractivity contribution in [2.75, 3.05) is 33.9 Å². The van der Waals surface area contributed by atoms with Gasteiger partial charge >= 0.3 is 0 Å². The second-order valence-corrected chi connectivity index (χ2v) is 5.47. The van der Waals surface area contributed by atoms with Crippen molar-refractivity contribution >= 4 is 29.9 Å². The molecule has 0 aliphatic heterocycles. The zero-order chi connectivity index (χ0) is 15.1. The molecule has 4 nitrogen and oxygen atoms in total. The van der Waals surface area contributed by atoms with Crippen molar-refractivity contribution in [1.82, 2.24) is 10.2 Å². The first-order valence-electron chi connectivity index (χ1n) is 7.43. The molecule has 0 atom stereocenters. The first kappa shape index (κ1) is 19.2. The summed E-state index contributed by atoms with van der Waals surface area (Å²) in [6, 6.07) is 6.48. The van der Waals surface area contributed by atoms with Crippen LogP contribution in [0.15, 0.2) is 29.3 Å². The Kier molecular flexibility index (Phi) is 8.70. The van der Waals surface area contributed by atoms with Crippen molar-refractivity contribution in [3.8, 4) is 0 Å². The van der Waals surface area contributed by atoms with Gasteiger partial charge in [0.25, 0.3) is 0 Å². The van der Waals surface area contributed by atoms with E-state index in [-0.39, 0.29) is 29.8 Å². The molecule has 22 heavy (non-hydrogen) atoms. The minimum Gasteiger partial charge on any atom is -0.379 e. The molecule has 2 rings (SSSR count). The molecule has 1 saturated carbocycles. The van der Waals surface area contributed by atoms with Gasteiger partial charge in [0.2, 0.25) is 0 Å². The van der Waals surface area contributed by atoms with E-state index in [9.17, 15) is 4.39 Å². The van der Waals surface area contributed by atoms with Crippen molar-refractivity contribution < 1.29 is 9.13 Å². The molecule has 0 bridgehead atoms. The molecule has 0 radical (unpaired) electrons. The average Bonchev–Trinajstić information content (AvgIpc) is 3.30. The van der Waals surface area contributed by atoms with Crippen LogP contribution in [0.3, 0.4) is 0 Å².